The summed E-state index contributed by atoms with van der Waals surface area (Å²) in [5.74, 6) is -0.279. The fourth-order valence-corrected chi connectivity index (χ4v) is 5.50. The summed E-state index contributed by atoms with van der Waals surface area (Å²) < 4.78 is 11.3. The number of aryl methyl sites for hydroxylation is 1. The van der Waals surface area contributed by atoms with E-state index in [4.69, 9.17) is 9.47 Å². The van der Waals surface area contributed by atoms with Gasteiger partial charge in [0.05, 0.1) is 41.7 Å². The molecular formula is C30H40N6O5. The summed E-state index contributed by atoms with van der Waals surface area (Å²) in [6.07, 6.45) is 6.32. The summed E-state index contributed by atoms with van der Waals surface area (Å²) in [5, 5.41) is 6.25. The van der Waals surface area contributed by atoms with Crippen LogP contribution in [0.2, 0.25) is 0 Å². The number of hydrogen-bond acceptors (Lipinski definition) is 8. The van der Waals surface area contributed by atoms with Gasteiger partial charge in [-0.3, -0.25) is 24.4 Å². The van der Waals surface area contributed by atoms with Crippen molar-refractivity contribution in [1.29, 1.82) is 0 Å². The van der Waals surface area contributed by atoms with Crippen LogP contribution in [-0.2, 0) is 25.7 Å². The zero-order chi connectivity index (χ0) is 29.1. The van der Waals surface area contributed by atoms with Gasteiger partial charge in [0, 0.05) is 51.3 Å². The Labute approximate surface area is 241 Å². The largest absolute Gasteiger partial charge is 0.476 e. The molecule has 2 aromatic rings. The van der Waals surface area contributed by atoms with E-state index in [-0.39, 0.29) is 35.6 Å². The van der Waals surface area contributed by atoms with E-state index in [1.165, 1.54) is 0 Å². The van der Waals surface area contributed by atoms with Crippen LogP contribution in [0.5, 0.6) is 5.75 Å². The number of nitrogens with zero attached hydrogens (tertiary/aromatic N) is 4. The third-order valence-electron chi connectivity index (χ3n) is 7.87. The van der Waals surface area contributed by atoms with Gasteiger partial charge < -0.3 is 29.9 Å². The van der Waals surface area contributed by atoms with Gasteiger partial charge in [0.25, 0.3) is 5.91 Å². The molecule has 0 spiro atoms. The van der Waals surface area contributed by atoms with Crippen LogP contribution in [0.15, 0.2) is 30.6 Å². The number of nitrogens with one attached hydrogen (secondary N) is 2. The Balaban J connectivity index is 1.31. The van der Waals surface area contributed by atoms with Gasteiger partial charge in [-0.2, -0.15) is 0 Å². The molecule has 1 saturated carbocycles. The SMILES string of the molecule is COCCCN1C(=O)C(C)(C)Oc2ccc(N(C(=O)[C@H]3CNC[C@@H](C(=O)NCc4cnc(C)cn4)C3)C3CC3)cc21. The molecule has 1 aliphatic carbocycles. The van der Waals surface area contributed by atoms with Crippen molar-refractivity contribution in [1.82, 2.24) is 20.6 Å². The number of hydrogen-bond donors (Lipinski definition) is 2. The minimum Gasteiger partial charge on any atom is -0.476 e. The second-order valence-corrected chi connectivity index (χ2v) is 11.7. The number of fused-ring (bicyclic) bond motifs is 1. The van der Waals surface area contributed by atoms with Crippen LogP contribution >= 0.6 is 0 Å². The van der Waals surface area contributed by atoms with Crippen LogP contribution in [0, 0.1) is 18.8 Å². The zero-order valence-electron chi connectivity index (χ0n) is 24.3. The minimum atomic E-state index is -0.983. The fraction of sp³-hybridized carbons (Fsp3) is 0.567. The Morgan fingerprint density at radius 1 is 1.20 bits per heavy atom. The lowest BCUT2D eigenvalue weighted by atomic mass is 9.88. The van der Waals surface area contributed by atoms with Gasteiger partial charge in [-0.05, 0) is 64.7 Å². The molecule has 3 heterocycles. The lowest BCUT2D eigenvalue weighted by Gasteiger charge is -2.39. The van der Waals surface area contributed by atoms with Crippen molar-refractivity contribution in [3.8, 4) is 5.75 Å². The van der Waals surface area contributed by atoms with Crippen molar-refractivity contribution in [3.05, 3.63) is 42.0 Å². The summed E-state index contributed by atoms with van der Waals surface area (Å²) in [7, 11) is 1.64. The van der Waals surface area contributed by atoms with E-state index >= 15 is 0 Å². The molecule has 41 heavy (non-hydrogen) atoms. The molecule has 11 heteroatoms. The number of aromatic nitrogens is 2. The Hall–Kier alpha value is -3.57. The highest BCUT2D eigenvalue weighted by Crippen LogP contribution is 2.43. The van der Waals surface area contributed by atoms with Crippen LogP contribution in [0.3, 0.4) is 0 Å². The molecule has 1 saturated heterocycles. The predicted octanol–water partition coefficient (Wildman–Crippen LogP) is 2.36. The maximum absolute atomic E-state index is 14.0. The van der Waals surface area contributed by atoms with E-state index in [0.717, 1.165) is 24.2 Å². The first kappa shape index (κ1) is 28.9. The van der Waals surface area contributed by atoms with Crippen LogP contribution < -0.4 is 25.2 Å². The molecule has 0 unspecified atom stereocenters. The number of methoxy groups -OCH3 is 1. The topological polar surface area (TPSA) is 126 Å². The Kier molecular flexibility index (Phi) is 8.55. The Morgan fingerprint density at radius 2 is 1.98 bits per heavy atom. The van der Waals surface area contributed by atoms with Gasteiger partial charge in [0.2, 0.25) is 11.8 Å². The molecule has 3 aliphatic rings. The van der Waals surface area contributed by atoms with Gasteiger partial charge in [-0.25, -0.2) is 0 Å². The molecule has 2 atom stereocenters. The second kappa shape index (κ2) is 12.1. The summed E-state index contributed by atoms with van der Waals surface area (Å²) >= 11 is 0. The van der Waals surface area contributed by atoms with Gasteiger partial charge >= 0.3 is 0 Å². The maximum atomic E-state index is 14.0. The van der Waals surface area contributed by atoms with E-state index < -0.39 is 5.60 Å². The first-order valence-corrected chi connectivity index (χ1v) is 14.4. The molecule has 2 N–H and O–H groups in total. The highest BCUT2D eigenvalue weighted by molar-refractivity contribution is 6.04. The highest BCUT2D eigenvalue weighted by atomic mass is 16.5. The van der Waals surface area contributed by atoms with Crippen molar-refractivity contribution in [2.24, 2.45) is 11.8 Å². The molecule has 5 rings (SSSR count). The summed E-state index contributed by atoms with van der Waals surface area (Å²) in [4.78, 5) is 52.4. The third kappa shape index (κ3) is 6.51. The number of carbonyl (C=O) groups excluding carboxylic acids is 3. The zero-order valence-corrected chi connectivity index (χ0v) is 24.3. The number of ether oxygens (including phenoxy) is 2. The molecule has 1 aromatic heterocycles. The van der Waals surface area contributed by atoms with Crippen molar-refractivity contribution in [3.63, 3.8) is 0 Å². The van der Waals surface area contributed by atoms with E-state index in [9.17, 15) is 14.4 Å². The van der Waals surface area contributed by atoms with Crippen LogP contribution in [0.1, 0.15) is 50.9 Å². The summed E-state index contributed by atoms with van der Waals surface area (Å²) in [6.45, 7) is 7.76. The van der Waals surface area contributed by atoms with Gasteiger partial charge in [-0.15, -0.1) is 0 Å². The molecule has 3 amide bonds. The molecule has 220 valence electrons. The third-order valence-corrected chi connectivity index (χ3v) is 7.87. The molecule has 1 aromatic carbocycles. The maximum Gasteiger partial charge on any atom is 0.270 e. The molecular weight excluding hydrogens is 524 g/mol. The number of benzene rings is 1. The van der Waals surface area contributed by atoms with Crippen molar-refractivity contribution in [2.45, 2.75) is 64.6 Å². The van der Waals surface area contributed by atoms with E-state index in [2.05, 4.69) is 20.6 Å². The number of amides is 3. The molecule has 2 fully saturated rings. The monoisotopic (exact) mass is 564 g/mol. The Bertz CT molecular complexity index is 1280. The molecule has 0 bridgehead atoms. The fourth-order valence-electron chi connectivity index (χ4n) is 5.50. The number of anilines is 2. The van der Waals surface area contributed by atoms with E-state index in [1.807, 2.05) is 30.0 Å². The second-order valence-electron chi connectivity index (χ2n) is 11.7. The van der Waals surface area contributed by atoms with Gasteiger partial charge in [0.15, 0.2) is 5.60 Å². The Morgan fingerprint density at radius 3 is 2.68 bits per heavy atom. The van der Waals surface area contributed by atoms with E-state index in [0.29, 0.717) is 62.8 Å². The standard InChI is InChI=1S/C30H40N6O5/c1-19-14-33-22(17-32-19)18-34-27(37)20-12-21(16-31-15-20)28(38)36(23-6-7-23)24-8-9-26-25(13-24)35(10-5-11-40-4)29(39)30(2,3)41-26/h8-9,13-14,17,20-21,23,31H,5-7,10-12,15-16,18H2,1-4H3,(H,34,37)/t20-,21+/m0/s1. The van der Waals surface area contributed by atoms with Crippen LogP contribution in [0.25, 0.3) is 0 Å². The average Bonchev–Trinajstić information content (AvgIpc) is 3.80. The first-order chi connectivity index (χ1) is 19.7. The number of piperidine rings is 1. The number of carbonyl (C=O) groups is 3. The van der Waals surface area contributed by atoms with Crippen molar-refractivity contribution < 1.29 is 23.9 Å². The lowest BCUT2D eigenvalue weighted by molar-refractivity contribution is -0.132. The van der Waals surface area contributed by atoms with Crippen LogP contribution in [0.4, 0.5) is 11.4 Å². The normalized spacial score (nSPS) is 21.6. The highest BCUT2D eigenvalue weighted by Gasteiger charge is 2.43. The van der Waals surface area contributed by atoms with Gasteiger partial charge in [0.1, 0.15) is 5.75 Å². The molecule has 2 aliphatic heterocycles. The first-order valence-electron chi connectivity index (χ1n) is 14.4. The predicted molar refractivity (Wildman–Crippen MR) is 154 cm³/mol. The molecule has 0 radical (unpaired) electrons. The number of rotatable bonds is 10. The summed E-state index contributed by atoms with van der Waals surface area (Å²) in [5.41, 5.74) is 1.94. The van der Waals surface area contributed by atoms with Crippen molar-refractivity contribution >= 4 is 29.1 Å². The summed E-state index contributed by atoms with van der Waals surface area (Å²) in [6, 6.07) is 5.76. The quantitative estimate of drug-likeness (QED) is 0.422. The van der Waals surface area contributed by atoms with Crippen LogP contribution in [-0.4, -0.2) is 72.7 Å². The smallest absolute Gasteiger partial charge is 0.270 e. The van der Waals surface area contributed by atoms with E-state index in [1.54, 1.807) is 38.3 Å². The average molecular weight is 565 g/mol. The van der Waals surface area contributed by atoms with Gasteiger partial charge in [-0.1, -0.05) is 0 Å². The minimum absolute atomic E-state index is 0.00355. The van der Waals surface area contributed by atoms with Crippen molar-refractivity contribution in [2.75, 3.05) is 43.2 Å². The lowest BCUT2D eigenvalue weighted by Crippen LogP contribution is -2.53. The molecule has 11 nitrogen and oxygen atoms in total.